The molecule has 110 valence electrons. The number of benzene rings is 2. The second-order valence-corrected chi connectivity index (χ2v) is 5.15. The second kappa shape index (κ2) is 6.26. The molecule has 1 atom stereocenters. The van der Waals surface area contributed by atoms with Gasteiger partial charge in [0.15, 0.2) is 0 Å². The van der Waals surface area contributed by atoms with Gasteiger partial charge in [-0.3, -0.25) is 9.59 Å². The van der Waals surface area contributed by atoms with Crippen molar-refractivity contribution >= 4 is 17.5 Å². The predicted octanol–water partition coefficient (Wildman–Crippen LogP) is 2.81. The quantitative estimate of drug-likeness (QED) is 0.914. The molecule has 0 spiro atoms. The molecule has 2 aromatic carbocycles. The summed E-state index contributed by atoms with van der Waals surface area (Å²) in [4.78, 5) is 24.2. The van der Waals surface area contributed by atoms with E-state index in [1.54, 1.807) is 0 Å². The monoisotopic (exact) mass is 292 g/mol. The minimum absolute atomic E-state index is 0.0786. The van der Waals surface area contributed by atoms with Crippen LogP contribution < -0.4 is 10.6 Å². The Labute approximate surface area is 128 Å². The number of anilines is 1. The van der Waals surface area contributed by atoms with Gasteiger partial charge in [0.1, 0.15) is 0 Å². The Morgan fingerprint density at radius 2 is 1.64 bits per heavy atom. The zero-order valence-electron chi connectivity index (χ0n) is 12.0. The van der Waals surface area contributed by atoms with E-state index in [-0.39, 0.29) is 24.2 Å². The van der Waals surface area contributed by atoms with Gasteiger partial charge < -0.3 is 10.6 Å². The molecule has 4 nitrogen and oxygen atoms in total. The normalized spacial score (nSPS) is 17.4. The number of hydrogen-bond donors (Lipinski definition) is 2. The van der Waals surface area contributed by atoms with Crippen LogP contribution in [0.15, 0.2) is 72.4 Å². The highest BCUT2D eigenvalue weighted by atomic mass is 16.2. The summed E-state index contributed by atoms with van der Waals surface area (Å²) in [5.41, 5.74) is 2.26. The molecule has 1 aliphatic rings. The molecule has 0 saturated carbocycles. The summed E-state index contributed by atoms with van der Waals surface area (Å²) in [7, 11) is 0. The van der Waals surface area contributed by atoms with Crippen LogP contribution in [0.2, 0.25) is 0 Å². The van der Waals surface area contributed by atoms with E-state index in [2.05, 4.69) is 10.6 Å². The van der Waals surface area contributed by atoms with Gasteiger partial charge in [-0.25, -0.2) is 0 Å². The number of rotatable bonds is 3. The summed E-state index contributed by atoms with van der Waals surface area (Å²) in [5, 5.41) is 5.50. The first-order valence-electron chi connectivity index (χ1n) is 7.15. The second-order valence-electron chi connectivity index (χ2n) is 5.15. The van der Waals surface area contributed by atoms with Crippen LogP contribution in [0, 0.1) is 0 Å². The topological polar surface area (TPSA) is 58.2 Å². The highest BCUT2D eigenvalue weighted by Crippen LogP contribution is 2.30. The Bertz CT molecular complexity index is 708. The summed E-state index contributed by atoms with van der Waals surface area (Å²) >= 11 is 0. The number of hydrogen-bond acceptors (Lipinski definition) is 2. The van der Waals surface area contributed by atoms with E-state index in [4.69, 9.17) is 0 Å². The minimum Gasteiger partial charge on any atom is -0.332 e. The molecular formula is C18H16N2O2. The molecule has 2 amide bonds. The molecule has 0 aliphatic carbocycles. The highest BCUT2D eigenvalue weighted by Gasteiger charge is 2.28. The maximum absolute atomic E-state index is 12.5. The highest BCUT2D eigenvalue weighted by molar-refractivity contribution is 6.06. The van der Waals surface area contributed by atoms with Gasteiger partial charge in [0.2, 0.25) is 5.91 Å². The predicted molar refractivity (Wildman–Crippen MR) is 85.1 cm³/mol. The third-order valence-corrected chi connectivity index (χ3v) is 3.65. The first-order chi connectivity index (χ1) is 10.7. The van der Waals surface area contributed by atoms with Gasteiger partial charge >= 0.3 is 0 Å². The summed E-state index contributed by atoms with van der Waals surface area (Å²) in [6.45, 7) is 0. The number of para-hydroxylation sites is 1. The molecule has 0 saturated heterocycles. The van der Waals surface area contributed by atoms with E-state index in [0.29, 0.717) is 5.57 Å². The van der Waals surface area contributed by atoms with Gasteiger partial charge in [-0.2, -0.15) is 0 Å². The first kappa shape index (κ1) is 14.1. The minimum atomic E-state index is -0.223. The molecule has 3 rings (SSSR count). The fourth-order valence-electron chi connectivity index (χ4n) is 2.54. The Kier molecular flexibility index (Phi) is 4.01. The standard InChI is InChI=1S/C18H16N2O2/c21-17-11-15(13-7-3-1-4-8-13)16(12-19-17)18(22)20-14-9-5-2-6-10-14/h1-10,12,15H,11H2,(H,19,21)(H,20,22). The van der Waals surface area contributed by atoms with Gasteiger partial charge in [-0.1, -0.05) is 48.5 Å². The van der Waals surface area contributed by atoms with Gasteiger partial charge in [-0.05, 0) is 17.7 Å². The van der Waals surface area contributed by atoms with Crippen molar-refractivity contribution in [3.63, 3.8) is 0 Å². The van der Waals surface area contributed by atoms with Crippen molar-refractivity contribution in [2.75, 3.05) is 5.32 Å². The van der Waals surface area contributed by atoms with Crippen LogP contribution in [0.1, 0.15) is 17.9 Å². The van der Waals surface area contributed by atoms with Crippen molar-refractivity contribution in [3.05, 3.63) is 78.0 Å². The van der Waals surface area contributed by atoms with Gasteiger partial charge in [0, 0.05) is 29.8 Å². The molecule has 2 aromatic rings. The summed E-state index contributed by atoms with van der Waals surface area (Å²) in [5.74, 6) is -0.496. The third-order valence-electron chi connectivity index (χ3n) is 3.65. The van der Waals surface area contributed by atoms with Crippen molar-refractivity contribution in [2.45, 2.75) is 12.3 Å². The molecule has 0 bridgehead atoms. The lowest BCUT2D eigenvalue weighted by Gasteiger charge is -2.23. The largest absolute Gasteiger partial charge is 0.332 e. The Morgan fingerprint density at radius 1 is 1.00 bits per heavy atom. The zero-order valence-corrected chi connectivity index (χ0v) is 12.0. The Morgan fingerprint density at radius 3 is 2.32 bits per heavy atom. The SMILES string of the molecule is O=C1CC(c2ccccc2)C(C(=O)Nc2ccccc2)=CN1. The molecular weight excluding hydrogens is 276 g/mol. The van der Waals surface area contributed by atoms with E-state index in [0.717, 1.165) is 11.3 Å². The van der Waals surface area contributed by atoms with E-state index >= 15 is 0 Å². The Balaban J connectivity index is 1.86. The summed E-state index contributed by atoms with van der Waals surface area (Å²) in [6, 6.07) is 18.9. The zero-order chi connectivity index (χ0) is 15.4. The maximum Gasteiger partial charge on any atom is 0.253 e. The fourth-order valence-corrected chi connectivity index (χ4v) is 2.54. The molecule has 2 N–H and O–H groups in total. The van der Waals surface area contributed by atoms with Crippen molar-refractivity contribution in [1.82, 2.24) is 5.32 Å². The molecule has 1 heterocycles. The molecule has 4 heteroatoms. The Hall–Kier alpha value is -2.88. The molecule has 22 heavy (non-hydrogen) atoms. The van der Waals surface area contributed by atoms with Crippen LogP contribution in [0.5, 0.6) is 0 Å². The first-order valence-corrected chi connectivity index (χ1v) is 7.15. The smallest absolute Gasteiger partial charge is 0.253 e. The molecule has 0 radical (unpaired) electrons. The third kappa shape index (κ3) is 3.06. The average Bonchev–Trinajstić information content (AvgIpc) is 2.56. The van der Waals surface area contributed by atoms with Gasteiger partial charge in [0.05, 0.1) is 0 Å². The van der Waals surface area contributed by atoms with Gasteiger partial charge in [-0.15, -0.1) is 0 Å². The lowest BCUT2D eigenvalue weighted by atomic mass is 9.86. The van der Waals surface area contributed by atoms with Crippen LogP contribution in [0.3, 0.4) is 0 Å². The fraction of sp³-hybridized carbons (Fsp3) is 0.111. The van der Waals surface area contributed by atoms with Crippen LogP contribution in [0.25, 0.3) is 0 Å². The lowest BCUT2D eigenvalue weighted by molar-refractivity contribution is -0.121. The molecule has 0 aromatic heterocycles. The van der Waals surface area contributed by atoms with Crippen molar-refractivity contribution in [2.24, 2.45) is 0 Å². The van der Waals surface area contributed by atoms with Crippen LogP contribution >= 0.6 is 0 Å². The lowest BCUT2D eigenvalue weighted by Crippen LogP contribution is -2.31. The van der Waals surface area contributed by atoms with Crippen molar-refractivity contribution < 1.29 is 9.59 Å². The molecule has 1 aliphatic heterocycles. The number of carbonyl (C=O) groups is 2. The average molecular weight is 292 g/mol. The van der Waals surface area contributed by atoms with Crippen molar-refractivity contribution in [1.29, 1.82) is 0 Å². The van der Waals surface area contributed by atoms with E-state index in [1.165, 1.54) is 6.20 Å². The summed E-state index contributed by atoms with van der Waals surface area (Å²) in [6.07, 6.45) is 1.79. The van der Waals surface area contributed by atoms with E-state index in [9.17, 15) is 9.59 Å². The van der Waals surface area contributed by atoms with Crippen LogP contribution in [-0.2, 0) is 9.59 Å². The maximum atomic E-state index is 12.5. The van der Waals surface area contributed by atoms with Crippen molar-refractivity contribution in [3.8, 4) is 0 Å². The van der Waals surface area contributed by atoms with Gasteiger partial charge in [0.25, 0.3) is 5.91 Å². The van der Waals surface area contributed by atoms with E-state index < -0.39 is 0 Å². The number of amides is 2. The molecule has 1 unspecified atom stereocenters. The molecule has 0 fully saturated rings. The van der Waals surface area contributed by atoms with E-state index in [1.807, 2.05) is 60.7 Å². The summed E-state index contributed by atoms with van der Waals surface area (Å²) < 4.78 is 0. The number of carbonyl (C=O) groups excluding carboxylic acids is 2. The van der Waals surface area contributed by atoms with Crippen LogP contribution in [0.4, 0.5) is 5.69 Å². The number of nitrogens with one attached hydrogen (secondary N) is 2. The van der Waals surface area contributed by atoms with Crippen LogP contribution in [-0.4, -0.2) is 11.8 Å².